The second-order valence-corrected chi connectivity index (χ2v) is 4.74. The molecule has 2 N–H and O–H groups in total. The zero-order valence-corrected chi connectivity index (χ0v) is 11.3. The number of nitrogens with zero attached hydrogens (tertiary/aromatic N) is 1. The third-order valence-electron chi connectivity index (χ3n) is 2.91. The van der Waals surface area contributed by atoms with E-state index in [1.807, 2.05) is 0 Å². The van der Waals surface area contributed by atoms with Crippen LogP contribution in [0.15, 0.2) is 24.3 Å². The molecular formula is C14H19NO4. The lowest BCUT2D eigenvalue weighted by Crippen LogP contribution is -2.49. The second-order valence-electron chi connectivity index (χ2n) is 4.74. The first kappa shape index (κ1) is 15.0. The van der Waals surface area contributed by atoms with Crippen molar-refractivity contribution in [3.63, 3.8) is 0 Å². The highest BCUT2D eigenvalue weighted by molar-refractivity contribution is 5.82. The van der Waals surface area contributed by atoms with Gasteiger partial charge in [-0.2, -0.15) is 0 Å². The minimum Gasteiger partial charge on any atom is -0.508 e. The predicted octanol–water partition coefficient (Wildman–Crippen LogP) is 1.64. The molecule has 1 aromatic carbocycles. The minimum absolute atomic E-state index is 0.128. The number of carbonyl (C=O) groups is 2. The van der Waals surface area contributed by atoms with Gasteiger partial charge in [-0.1, -0.05) is 12.1 Å². The Morgan fingerprint density at radius 2 is 1.74 bits per heavy atom. The van der Waals surface area contributed by atoms with Crippen LogP contribution in [-0.4, -0.2) is 39.1 Å². The van der Waals surface area contributed by atoms with Crippen molar-refractivity contribution in [2.75, 3.05) is 0 Å². The van der Waals surface area contributed by atoms with E-state index in [0.29, 0.717) is 0 Å². The van der Waals surface area contributed by atoms with Gasteiger partial charge in [0.2, 0.25) is 5.91 Å². The molecular weight excluding hydrogens is 246 g/mol. The fourth-order valence-electron chi connectivity index (χ4n) is 2.10. The van der Waals surface area contributed by atoms with Gasteiger partial charge in [-0.15, -0.1) is 0 Å². The lowest BCUT2D eigenvalue weighted by Gasteiger charge is -2.31. The number of amides is 1. The summed E-state index contributed by atoms with van der Waals surface area (Å²) in [6.07, 6.45) is 0.216. The van der Waals surface area contributed by atoms with E-state index in [9.17, 15) is 19.8 Å². The molecule has 0 aliphatic carbocycles. The maximum atomic E-state index is 11.6. The van der Waals surface area contributed by atoms with Gasteiger partial charge < -0.3 is 15.1 Å². The lowest BCUT2D eigenvalue weighted by atomic mass is 10.0. The monoisotopic (exact) mass is 265 g/mol. The summed E-state index contributed by atoms with van der Waals surface area (Å²) in [6, 6.07) is 5.23. The van der Waals surface area contributed by atoms with Crippen molar-refractivity contribution in [2.45, 2.75) is 39.3 Å². The fraction of sp³-hybridized carbons (Fsp3) is 0.429. The number of aromatic hydroxyl groups is 1. The number of hydrogen-bond donors (Lipinski definition) is 2. The van der Waals surface area contributed by atoms with Gasteiger partial charge in [-0.3, -0.25) is 4.79 Å². The number of hydrogen-bond acceptors (Lipinski definition) is 3. The Balaban J connectivity index is 2.97. The standard InChI is InChI=1S/C14H19NO4/c1-9(2)15(10(3)16)13(14(18)19)8-11-4-6-12(17)7-5-11/h4-7,9,13,17H,8H2,1-3H3,(H,18,19). The molecule has 0 saturated heterocycles. The van der Waals surface area contributed by atoms with Gasteiger partial charge in [0.15, 0.2) is 0 Å². The van der Waals surface area contributed by atoms with Gasteiger partial charge in [-0.05, 0) is 31.5 Å². The number of phenolic OH excluding ortho intramolecular Hbond substituents is 1. The zero-order valence-electron chi connectivity index (χ0n) is 11.3. The molecule has 0 saturated carbocycles. The zero-order chi connectivity index (χ0) is 14.6. The van der Waals surface area contributed by atoms with Crippen molar-refractivity contribution in [1.82, 2.24) is 4.90 Å². The average Bonchev–Trinajstić information content (AvgIpc) is 2.29. The molecule has 5 nitrogen and oxygen atoms in total. The Labute approximate surface area is 112 Å². The molecule has 5 heteroatoms. The van der Waals surface area contributed by atoms with Crippen molar-refractivity contribution in [1.29, 1.82) is 0 Å². The average molecular weight is 265 g/mol. The van der Waals surface area contributed by atoms with Crippen molar-refractivity contribution < 1.29 is 19.8 Å². The van der Waals surface area contributed by atoms with E-state index < -0.39 is 12.0 Å². The summed E-state index contributed by atoms with van der Waals surface area (Å²) in [7, 11) is 0. The molecule has 1 aromatic rings. The van der Waals surface area contributed by atoms with Crippen LogP contribution < -0.4 is 0 Å². The molecule has 0 aliphatic rings. The van der Waals surface area contributed by atoms with Crippen LogP contribution in [0.4, 0.5) is 0 Å². The predicted molar refractivity (Wildman–Crippen MR) is 70.9 cm³/mol. The van der Waals surface area contributed by atoms with E-state index in [1.165, 1.54) is 24.0 Å². The Kier molecular flexibility index (Phi) is 4.92. The molecule has 0 radical (unpaired) electrons. The third-order valence-corrected chi connectivity index (χ3v) is 2.91. The molecule has 0 aliphatic heterocycles. The van der Waals surface area contributed by atoms with Crippen LogP contribution in [0.5, 0.6) is 5.75 Å². The van der Waals surface area contributed by atoms with Crippen LogP contribution in [-0.2, 0) is 16.0 Å². The largest absolute Gasteiger partial charge is 0.508 e. The number of carbonyl (C=O) groups excluding carboxylic acids is 1. The van der Waals surface area contributed by atoms with Crippen LogP contribution in [0, 0.1) is 0 Å². The molecule has 1 amide bonds. The summed E-state index contributed by atoms with van der Waals surface area (Å²) in [5.74, 6) is -1.17. The van der Waals surface area contributed by atoms with Gasteiger partial charge in [0.25, 0.3) is 0 Å². The lowest BCUT2D eigenvalue weighted by molar-refractivity contribution is -0.151. The molecule has 0 bridgehead atoms. The summed E-state index contributed by atoms with van der Waals surface area (Å²) < 4.78 is 0. The van der Waals surface area contributed by atoms with Gasteiger partial charge in [0.05, 0.1) is 0 Å². The van der Waals surface area contributed by atoms with Gasteiger partial charge in [0, 0.05) is 19.4 Å². The Morgan fingerprint density at radius 1 is 1.21 bits per heavy atom. The highest BCUT2D eigenvalue weighted by atomic mass is 16.4. The minimum atomic E-state index is -1.03. The highest BCUT2D eigenvalue weighted by Crippen LogP contribution is 2.16. The number of aliphatic carboxylic acids is 1. The fourth-order valence-corrected chi connectivity index (χ4v) is 2.10. The molecule has 0 spiro atoms. The van der Waals surface area contributed by atoms with Crippen molar-refractivity contribution in [2.24, 2.45) is 0 Å². The number of carboxylic acids is 1. The van der Waals surface area contributed by atoms with Crippen LogP contribution in [0.25, 0.3) is 0 Å². The van der Waals surface area contributed by atoms with Gasteiger partial charge in [-0.25, -0.2) is 4.79 Å². The SMILES string of the molecule is CC(=O)N(C(C)C)C(Cc1ccc(O)cc1)C(=O)O. The molecule has 1 rings (SSSR count). The van der Waals surface area contributed by atoms with Crippen LogP contribution in [0.3, 0.4) is 0 Å². The normalized spacial score (nSPS) is 12.2. The maximum Gasteiger partial charge on any atom is 0.326 e. The molecule has 0 fully saturated rings. The van der Waals surface area contributed by atoms with E-state index in [2.05, 4.69) is 0 Å². The maximum absolute atomic E-state index is 11.6. The van der Waals surface area contributed by atoms with Crippen molar-refractivity contribution in [3.05, 3.63) is 29.8 Å². The number of carboxylic acid groups (broad SMARTS) is 1. The van der Waals surface area contributed by atoms with Gasteiger partial charge >= 0.3 is 5.97 Å². The summed E-state index contributed by atoms with van der Waals surface area (Å²) in [4.78, 5) is 24.3. The third kappa shape index (κ3) is 3.98. The Bertz CT molecular complexity index is 453. The number of phenols is 1. The first-order valence-corrected chi connectivity index (χ1v) is 6.12. The Hall–Kier alpha value is -2.04. The first-order chi connectivity index (χ1) is 8.82. The second kappa shape index (κ2) is 6.22. The molecule has 104 valence electrons. The summed E-state index contributed by atoms with van der Waals surface area (Å²) in [5, 5.41) is 18.5. The quantitative estimate of drug-likeness (QED) is 0.848. The molecule has 19 heavy (non-hydrogen) atoms. The summed E-state index contributed by atoms with van der Waals surface area (Å²) in [6.45, 7) is 4.94. The highest BCUT2D eigenvalue weighted by Gasteiger charge is 2.29. The first-order valence-electron chi connectivity index (χ1n) is 6.12. The van der Waals surface area contributed by atoms with Crippen molar-refractivity contribution >= 4 is 11.9 Å². The van der Waals surface area contributed by atoms with Crippen LogP contribution in [0.1, 0.15) is 26.3 Å². The van der Waals surface area contributed by atoms with E-state index in [1.54, 1.807) is 26.0 Å². The summed E-state index contributed by atoms with van der Waals surface area (Å²) in [5.41, 5.74) is 0.761. The summed E-state index contributed by atoms with van der Waals surface area (Å²) >= 11 is 0. The smallest absolute Gasteiger partial charge is 0.326 e. The van der Waals surface area contributed by atoms with E-state index in [4.69, 9.17) is 0 Å². The molecule has 0 aromatic heterocycles. The molecule has 0 heterocycles. The number of rotatable bonds is 5. The van der Waals surface area contributed by atoms with Crippen LogP contribution in [0.2, 0.25) is 0 Å². The Morgan fingerprint density at radius 3 is 2.11 bits per heavy atom. The number of benzene rings is 1. The topological polar surface area (TPSA) is 77.8 Å². The van der Waals surface area contributed by atoms with Crippen molar-refractivity contribution in [3.8, 4) is 5.75 Å². The van der Waals surface area contributed by atoms with Crippen LogP contribution >= 0.6 is 0 Å². The van der Waals surface area contributed by atoms with E-state index >= 15 is 0 Å². The van der Waals surface area contributed by atoms with E-state index in [0.717, 1.165) is 5.56 Å². The van der Waals surface area contributed by atoms with Gasteiger partial charge in [0.1, 0.15) is 11.8 Å². The molecule has 1 unspecified atom stereocenters. The van der Waals surface area contributed by atoms with E-state index in [-0.39, 0.29) is 24.1 Å². The molecule has 1 atom stereocenters.